The van der Waals surface area contributed by atoms with Crippen LogP contribution < -0.4 is 14.4 Å². The van der Waals surface area contributed by atoms with E-state index >= 15 is 0 Å². The summed E-state index contributed by atoms with van der Waals surface area (Å²) in [5.74, 6) is 1.41. The first-order valence-corrected chi connectivity index (χ1v) is 8.86. The highest BCUT2D eigenvalue weighted by Crippen LogP contribution is 2.38. The fraction of sp³-hybridized carbons (Fsp3) is 0.273. The van der Waals surface area contributed by atoms with Crippen LogP contribution in [0.1, 0.15) is 25.0 Å². The SMILES string of the molecule is COc1cc(/C=C2\C(=O)N(CC(C)C)c3ccccc32)ccc1OCC#N. The molecule has 0 bridgehead atoms. The number of methoxy groups -OCH3 is 1. The zero-order valence-electron chi connectivity index (χ0n) is 15.7. The summed E-state index contributed by atoms with van der Waals surface area (Å²) in [6.07, 6.45) is 1.87. The number of anilines is 1. The van der Waals surface area contributed by atoms with E-state index in [1.54, 1.807) is 19.2 Å². The maximum Gasteiger partial charge on any atom is 0.259 e. The Balaban J connectivity index is 1.99. The third-order valence-electron chi connectivity index (χ3n) is 4.30. The maximum absolute atomic E-state index is 13.0. The van der Waals surface area contributed by atoms with E-state index < -0.39 is 0 Å². The minimum absolute atomic E-state index is 0.00803. The van der Waals surface area contributed by atoms with Crippen molar-refractivity contribution < 1.29 is 14.3 Å². The number of para-hydroxylation sites is 1. The Hall–Kier alpha value is -3.26. The van der Waals surface area contributed by atoms with Crippen LogP contribution in [0.3, 0.4) is 0 Å². The monoisotopic (exact) mass is 362 g/mol. The van der Waals surface area contributed by atoms with Crippen LogP contribution in [-0.4, -0.2) is 26.2 Å². The molecule has 0 N–H and O–H groups in total. The summed E-state index contributed by atoms with van der Waals surface area (Å²) in [7, 11) is 1.55. The molecule has 0 saturated heterocycles. The maximum atomic E-state index is 13.0. The van der Waals surface area contributed by atoms with Gasteiger partial charge in [0.1, 0.15) is 6.07 Å². The van der Waals surface area contributed by atoms with Crippen molar-refractivity contribution in [1.29, 1.82) is 5.26 Å². The fourth-order valence-electron chi connectivity index (χ4n) is 3.16. The van der Waals surface area contributed by atoms with Gasteiger partial charge < -0.3 is 14.4 Å². The molecule has 3 rings (SSSR count). The zero-order chi connectivity index (χ0) is 19.4. The van der Waals surface area contributed by atoms with Gasteiger partial charge in [-0.05, 0) is 35.8 Å². The van der Waals surface area contributed by atoms with Crippen molar-refractivity contribution in [3.8, 4) is 17.6 Å². The topological polar surface area (TPSA) is 62.6 Å². The van der Waals surface area contributed by atoms with E-state index in [1.807, 2.05) is 47.4 Å². The van der Waals surface area contributed by atoms with Gasteiger partial charge in [0.05, 0.1) is 12.8 Å². The lowest BCUT2D eigenvalue weighted by atomic mass is 10.0. The van der Waals surface area contributed by atoms with Crippen molar-refractivity contribution in [2.75, 3.05) is 25.2 Å². The Morgan fingerprint density at radius 3 is 2.67 bits per heavy atom. The highest BCUT2D eigenvalue weighted by atomic mass is 16.5. The summed E-state index contributed by atoms with van der Waals surface area (Å²) in [6, 6.07) is 15.2. The summed E-state index contributed by atoms with van der Waals surface area (Å²) in [4.78, 5) is 14.9. The highest BCUT2D eigenvalue weighted by Gasteiger charge is 2.32. The molecule has 0 atom stereocenters. The first-order valence-electron chi connectivity index (χ1n) is 8.86. The van der Waals surface area contributed by atoms with Crippen LogP contribution in [0.5, 0.6) is 11.5 Å². The van der Waals surface area contributed by atoms with Gasteiger partial charge in [-0.3, -0.25) is 4.79 Å². The average molecular weight is 362 g/mol. The molecule has 0 fully saturated rings. The zero-order valence-corrected chi connectivity index (χ0v) is 15.7. The number of fused-ring (bicyclic) bond motifs is 1. The second kappa shape index (κ2) is 7.96. The molecule has 0 radical (unpaired) electrons. The van der Waals surface area contributed by atoms with Crippen molar-refractivity contribution in [1.82, 2.24) is 0 Å². The van der Waals surface area contributed by atoms with E-state index in [4.69, 9.17) is 14.7 Å². The Morgan fingerprint density at radius 2 is 1.96 bits per heavy atom. The third-order valence-corrected chi connectivity index (χ3v) is 4.30. The number of hydrogen-bond acceptors (Lipinski definition) is 4. The molecule has 1 aliphatic heterocycles. The van der Waals surface area contributed by atoms with Crippen LogP contribution in [0.4, 0.5) is 5.69 Å². The van der Waals surface area contributed by atoms with Crippen LogP contribution in [0.2, 0.25) is 0 Å². The number of benzene rings is 2. The first kappa shape index (κ1) is 18.5. The van der Waals surface area contributed by atoms with E-state index in [0.29, 0.717) is 29.5 Å². The van der Waals surface area contributed by atoms with Crippen molar-refractivity contribution >= 4 is 23.2 Å². The van der Waals surface area contributed by atoms with Crippen LogP contribution in [0.15, 0.2) is 42.5 Å². The quantitative estimate of drug-likeness (QED) is 0.725. The van der Waals surface area contributed by atoms with Gasteiger partial charge >= 0.3 is 0 Å². The molecule has 1 heterocycles. The molecule has 1 aliphatic rings. The summed E-state index contributed by atoms with van der Waals surface area (Å²) in [6.45, 7) is 4.83. The van der Waals surface area contributed by atoms with Gasteiger partial charge in [0.25, 0.3) is 5.91 Å². The first-order chi connectivity index (χ1) is 13.0. The van der Waals surface area contributed by atoms with Crippen LogP contribution in [0.25, 0.3) is 11.6 Å². The minimum Gasteiger partial charge on any atom is -0.493 e. The van der Waals surface area contributed by atoms with Crippen LogP contribution >= 0.6 is 0 Å². The molecule has 0 aromatic heterocycles. The lowest BCUT2D eigenvalue weighted by Gasteiger charge is -2.19. The summed E-state index contributed by atoms with van der Waals surface area (Å²) in [5.41, 5.74) is 3.38. The fourth-order valence-corrected chi connectivity index (χ4v) is 3.16. The van der Waals surface area contributed by atoms with Crippen molar-refractivity contribution in [2.24, 2.45) is 5.92 Å². The predicted molar refractivity (Wildman–Crippen MR) is 106 cm³/mol. The van der Waals surface area contributed by atoms with Gasteiger partial charge in [-0.2, -0.15) is 5.26 Å². The number of rotatable bonds is 6. The standard InChI is InChI=1S/C22H22N2O3/c1-15(2)14-24-19-7-5-4-6-17(19)18(22(24)25)12-16-8-9-20(27-11-10-23)21(13-16)26-3/h4-9,12-13,15H,11,14H2,1-3H3/b18-12-. The molecular formula is C22H22N2O3. The molecule has 0 aliphatic carbocycles. The smallest absolute Gasteiger partial charge is 0.259 e. The van der Waals surface area contributed by atoms with Crippen molar-refractivity contribution in [3.05, 3.63) is 53.6 Å². The number of nitriles is 1. The number of carbonyl (C=O) groups excluding carboxylic acids is 1. The number of amides is 1. The summed E-state index contributed by atoms with van der Waals surface area (Å²) in [5, 5.41) is 8.68. The van der Waals surface area contributed by atoms with E-state index in [9.17, 15) is 4.79 Å². The average Bonchev–Trinajstić information content (AvgIpc) is 2.92. The molecule has 0 unspecified atom stereocenters. The lowest BCUT2D eigenvalue weighted by molar-refractivity contribution is -0.113. The molecular weight excluding hydrogens is 340 g/mol. The molecule has 138 valence electrons. The van der Waals surface area contributed by atoms with E-state index in [0.717, 1.165) is 16.8 Å². The largest absolute Gasteiger partial charge is 0.493 e. The molecule has 2 aromatic carbocycles. The second-order valence-corrected chi connectivity index (χ2v) is 6.74. The van der Waals surface area contributed by atoms with Crippen molar-refractivity contribution in [3.63, 3.8) is 0 Å². The molecule has 5 heteroatoms. The molecule has 2 aromatic rings. The Morgan fingerprint density at radius 1 is 1.19 bits per heavy atom. The predicted octanol–water partition coefficient (Wildman–Crippen LogP) is 4.14. The Bertz CT molecular complexity index is 925. The van der Waals surface area contributed by atoms with Gasteiger partial charge in [-0.1, -0.05) is 38.1 Å². The number of carbonyl (C=O) groups is 1. The van der Waals surface area contributed by atoms with Gasteiger partial charge in [0.2, 0.25) is 0 Å². The molecule has 0 saturated carbocycles. The van der Waals surface area contributed by atoms with Crippen LogP contribution in [-0.2, 0) is 4.79 Å². The Kier molecular flexibility index (Phi) is 5.46. The highest BCUT2D eigenvalue weighted by molar-refractivity contribution is 6.35. The van der Waals surface area contributed by atoms with Crippen LogP contribution in [0, 0.1) is 17.2 Å². The van der Waals surface area contributed by atoms with E-state index in [1.165, 1.54) is 0 Å². The van der Waals surface area contributed by atoms with E-state index in [-0.39, 0.29) is 12.5 Å². The molecule has 1 amide bonds. The van der Waals surface area contributed by atoms with Gasteiger partial charge in [0, 0.05) is 17.7 Å². The number of hydrogen-bond donors (Lipinski definition) is 0. The van der Waals surface area contributed by atoms with E-state index in [2.05, 4.69) is 13.8 Å². The van der Waals surface area contributed by atoms with Gasteiger partial charge in [0.15, 0.2) is 18.1 Å². The molecule has 27 heavy (non-hydrogen) atoms. The number of nitrogens with zero attached hydrogens (tertiary/aromatic N) is 2. The molecule has 5 nitrogen and oxygen atoms in total. The minimum atomic E-state index is -0.0488. The number of ether oxygens (including phenoxy) is 2. The molecule has 0 spiro atoms. The third kappa shape index (κ3) is 3.80. The summed E-state index contributed by atoms with van der Waals surface area (Å²) >= 11 is 0. The van der Waals surface area contributed by atoms with Gasteiger partial charge in [-0.15, -0.1) is 0 Å². The normalized spacial score (nSPS) is 14.4. The van der Waals surface area contributed by atoms with Gasteiger partial charge in [-0.25, -0.2) is 0 Å². The van der Waals surface area contributed by atoms with Crippen molar-refractivity contribution in [2.45, 2.75) is 13.8 Å². The second-order valence-electron chi connectivity index (χ2n) is 6.74. The Labute approximate surface area is 159 Å². The summed E-state index contributed by atoms with van der Waals surface area (Å²) < 4.78 is 10.7. The lowest BCUT2D eigenvalue weighted by Crippen LogP contribution is -2.30.